The Bertz CT molecular complexity index is 912. The molecule has 0 aliphatic rings. The molecule has 2 aromatic rings. The third kappa shape index (κ3) is 4.04. The molecule has 7 nitrogen and oxygen atoms in total. The molecule has 1 atom stereocenters. The number of amides is 1. The third-order valence-corrected chi connectivity index (χ3v) is 4.35. The monoisotopic (exact) mass is 361 g/mol. The summed E-state index contributed by atoms with van der Waals surface area (Å²) in [7, 11) is 0. The first-order valence-corrected chi connectivity index (χ1v) is 8.38. The molecule has 0 bridgehead atoms. The molecule has 0 spiro atoms. The Hall–Kier alpha value is -2.83. The molecule has 0 saturated carbocycles. The van der Waals surface area contributed by atoms with E-state index < -0.39 is 23.5 Å². The van der Waals surface area contributed by atoms with Crippen LogP contribution in [0, 0.1) is 19.8 Å². The van der Waals surface area contributed by atoms with Crippen molar-refractivity contribution in [2.24, 2.45) is 5.92 Å². The molecule has 0 aliphatic carbocycles. The average molecular weight is 361 g/mol. The highest BCUT2D eigenvalue weighted by Gasteiger charge is 2.23. The Morgan fingerprint density at radius 1 is 1.19 bits per heavy atom. The number of phenolic OH excluding ortho intramolecular Hbond substituents is 1. The minimum absolute atomic E-state index is 0.0172. The van der Waals surface area contributed by atoms with Gasteiger partial charge < -0.3 is 19.9 Å². The van der Waals surface area contributed by atoms with Crippen molar-refractivity contribution in [2.75, 3.05) is 0 Å². The largest absolute Gasteiger partial charge is 0.508 e. The Kier molecular flexibility index (Phi) is 5.69. The van der Waals surface area contributed by atoms with E-state index >= 15 is 0 Å². The number of fused-ring (bicyclic) bond motifs is 1. The number of carbonyl (C=O) groups is 2. The number of aromatic hydroxyl groups is 1. The second kappa shape index (κ2) is 7.59. The van der Waals surface area contributed by atoms with Gasteiger partial charge in [0.15, 0.2) is 0 Å². The zero-order valence-electron chi connectivity index (χ0n) is 15.3. The number of aryl methyl sites for hydroxylation is 2. The van der Waals surface area contributed by atoms with Crippen LogP contribution < -0.4 is 10.9 Å². The van der Waals surface area contributed by atoms with Crippen LogP contribution >= 0.6 is 0 Å². The van der Waals surface area contributed by atoms with Crippen LogP contribution in [0.25, 0.3) is 11.0 Å². The fourth-order valence-corrected chi connectivity index (χ4v) is 2.88. The topological polar surface area (TPSA) is 117 Å². The Morgan fingerprint density at radius 3 is 2.42 bits per heavy atom. The number of carboxylic acids is 1. The van der Waals surface area contributed by atoms with Crippen molar-refractivity contribution in [2.45, 2.75) is 46.6 Å². The first kappa shape index (κ1) is 19.5. The number of hydrogen-bond donors (Lipinski definition) is 3. The lowest BCUT2D eigenvalue weighted by atomic mass is 10.0. The van der Waals surface area contributed by atoms with Crippen molar-refractivity contribution in [1.29, 1.82) is 0 Å². The van der Waals surface area contributed by atoms with E-state index in [-0.39, 0.29) is 29.2 Å². The van der Waals surface area contributed by atoms with Crippen LogP contribution in [0.3, 0.4) is 0 Å². The molecular weight excluding hydrogens is 338 g/mol. The van der Waals surface area contributed by atoms with Crippen molar-refractivity contribution >= 4 is 22.8 Å². The summed E-state index contributed by atoms with van der Waals surface area (Å²) in [6, 6.07) is 2.11. The summed E-state index contributed by atoms with van der Waals surface area (Å²) < 4.78 is 5.29. The van der Waals surface area contributed by atoms with E-state index in [0.717, 1.165) is 0 Å². The molecule has 1 amide bonds. The van der Waals surface area contributed by atoms with Gasteiger partial charge in [-0.05, 0) is 43.9 Å². The van der Waals surface area contributed by atoms with Crippen LogP contribution in [0.4, 0.5) is 0 Å². The van der Waals surface area contributed by atoms with E-state index in [0.29, 0.717) is 22.9 Å². The molecule has 1 aromatic heterocycles. The van der Waals surface area contributed by atoms with Gasteiger partial charge in [-0.2, -0.15) is 0 Å². The van der Waals surface area contributed by atoms with Gasteiger partial charge in [0.05, 0.1) is 12.0 Å². The standard InChI is InChI=1S/C19H23NO6/c1-9(2)7-14(18(23)24)20-16(22)8-13-10(3)12-5-6-15(21)11(4)17(12)26-19(13)25/h5-6,9,14,21H,7-8H2,1-4H3,(H,20,22)(H,23,24). The van der Waals surface area contributed by atoms with E-state index in [1.165, 1.54) is 6.07 Å². The Balaban J connectivity index is 2.33. The van der Waals surface area contributed by atoms with E-state index in [9.17, 15) is 24.6 Å². The van der Waals surface area contributed by atoms with Gasteiger partial charge in [-0.3, -0.25) is 4.79 Å². The van der Waals surface area contributed by atoms with E-state index in [1.807, 2.05) is 13.8 Å². The summed E-state index contributed by atoms with van der Waals surface area (Å²) in [5.74, 6) is -1.55. The van der Waals surface area contributed by atoms with Crippen molar-refractivity contribution in [1.82, 2.24) is 5.32 Å². The number of carbonyl (C=O) groups excluding carboxylic acids is 1. The molecule has 3 N–H and O–H groups in total. The summed E-state index contributed by atoms with van der Waals surface area (Å²) >= 11 is 0. The molecule has 0 aliphatic heterocycles. The predicted octanol–water partition coefficient (Wildman–Crippen LogP) is 2.27. The van der Waals surface area contributed by atoms with Gasteiger partial charge in [-0.1, -0.05) is 13.8 Å². The maximum Gasteiger partial charge on any atom is 0.340 e. The van der Waals surface area contributed by atoms with Crippen LogP contribution in [0.5, 0.6) is 5.75 Å². The molecule has 0 saturated heterocycles. The average Bonchev–Trinajstić information content (AvgIpc) is 2.54. The van der Waals surface area contributed by atoms with Crippen molar-refractivity contribution in [3.63, 3.8) is 0 Å². The first-order valence-electron chi connectivity index (χ1n) is 8.38. The third-order valence-electron chi connectivity index (χ3n) is 4.35. The van der Waals surface area contributed by atoms with Crippen LogP contribution in [0.1, 0.15) is 37.0 Å². The Morgan fingerprint density at radius 2 is 1.85 bits per heavy atom. The number of aliphatic carboxylic acids is 1. The SMILES string of the molecule is Cc1c(CC(=O)NC(CC(C)C)C(=O)O)c(=O)oc2c(C)c(O)ccc12. The fraction of sp³-hybridized carbons (Fsp3) is 0.421. The van der Waals surface area contributed by atoms with E-state index in [1.54, 1.807) is 19.9 Å². The van der Waals surface area contributed by atoms with Gasteiger partial charge in [0.25, 0.3) is 0 Å². The summed E-state index contributed by atoms with van der Waals surface area (Å²) in [5, 5.41) is 22.1. The highest BCUT2D eigenvalue weighted by molar-refractivity contribution is 5.88. The van der Waals surface area contributed by atoms with Gasteiger partial charge in [-0.25, -0.2) is 9.59 Å². The summed E-state index contributed by atoms with van der Waals surface area (Å²) in [6.07, 6.45) is 0.0246. The van der Waals surface area contributed by atoms with Crippen molar-refractivity contribution < 1.29 is 24.2 Å². The number of benzene rings is 1. The van der Waals surface area contributed by atoms with Crippen LogP contribution in [-0.4, -0.2) is 28.1 Å². The minimum Gasteiger partial charge on any atom is -0.508 e. The molecule has 1 heterocycles. The molecule has 1 aromatic carbocycles. The summed E-state index contributed by atoms with van der Waals surface area (Å²) in [6.45, 7) is 7.06. The molecule has 26 heavy (non-hydrogen) atoms. The van der Waals surface area contributed by atoms with Gasteiger partial charge in [0.1, 0.15) is 17.4 Å². The molecule has 140 valence electrons. The van der Waals surface area contributed by atoms with Crippen molar-refractivity contribution in [3.05, 3.63) is 39.2 Å². The number of nitrogens with one attached hydrogen (secondary N) is 1. The Labute approximate surface area is 150 Å². The second-order valence-corrected chi connectivity index (χ2v) is 6.84. The highest BCUT2D eigenvalue weighted by Crippen LogP contribution is 2.28. The predicted molar refractivity (Wildman–Crippen MR) is 96.3 cm³/mol. The fourth-order valence-electron chi connectivity index (χ4n) is 2.88. The lowest BCUT2D eigenvalue weighted by molar-refractivity contribution is -0.142. The van der Waals surface area contributed by atoms with Gasteiger partial charge >= 0.3 is 11.6 Å². The van der Waals surface area contributed by atoms with Crippen molar-refractivity contribution in [3.8, 4) is 5.75 Å². The number of hydrogen-bond acceptors (Lipinski definition) is 5. The zero-order valence-corrected chi connectivity index (χ0v) is 15.3. The van der Waals surface area contributed by atoms with Crippen LogP contribution in [0.2, 0.25) is 0 Å². The molecule has 7 heteroatoms. The molecule has 0 radical (unpaired) electrons. The zero-order chi connectivity index (χ0) is 19.6. The first-order chi connectivity index (χ1) is 12.1. The number of rotatable bonds is 6. The molecular formula is C19H23NO6. The molecule has 0 fully saturated rings. The second-order valence-electron chi connectivity index (χ2n) is 6.84. The minimum atomic E-state index is -1.11. The highest BCUT2D eigenvalue weighted by atomic mass is 16.4. The van der Waals surface area contributed by atoms with Crippen LogP contribution in [-0.2, 0) is 16.0 Å². The maximum absolute atomic E-state index is 12.3. The normalized spacial score (nSPS) is 12.3. The van der Waals surface area contributed by atoms with Gasteiger partial charge in [0.2, 0.25) is 5.91 Å². The lowest BCUT2D eigenvalue weighted by Gasteiger charge is -2.17. The van der Waals surface area contributed by atoms with Gasteiger partial charge in [0, 0.05) is 10.9 Å². The van der Waals surface area contributed by atoms with E-state index in [4.69, 9.17) is 4.42 Å². The number of phenols is 1. The smallest absolute Gasteiger partial charge is 0.340 e. The maximum atomic E-state index is 12.3. The molecule has 1 unspecified atom stereocenters. The number of carboxylic acid groups (broad SMARTS) is 1. The quantitative estimate of drug-likeness (QED) is 0.680. The van der Waals surface area contributed by atoms with Gasteiger partial charge in [-0.15, -0.1) is 0 Å². The molecule has 2 rings (SSSR count). The lowest BCUT2D eigenvalue weighted by Crippen LogP contribution is -2.42. The van der Waals surface area contributed by atoms with E-state index in [2.05, 4.69) is 5.32 Å². The summed E-state index contributed by atoms with van der Waals surface area (Å²) in [4.78, 5) is 35.9. The summed E-state index contributed by atoms with van der Waals surface area (Å²) in [5.41, 5.74) is 0.801. The van der Waals surface area contributed by atoms with Crippen LogP contribution in [0.15, 0.2) is 21.3 Å².